The summed E-state index contributed by atoms with van der Waals surface area (Å²) in [7, 11) is 0. The topological polar surface area (TPSA) is 27.8 Å². The molecular formula is C10H14N2. The lowest BCUT2D eigenvalue weighted by Gasteiger charge is -1.99. The van der Waals surface area contributed by atoms with E-state index in [9.17, 15) is 0 Å². The van der Waals surface area contributed by atoms with Gasteiger partial charge in [0.05, 0.1) is 0 Å². The zero-order chi connectivity index (χ0) is 8.65. The van der Waals surface area contributed by atoms with Gasteiger partial charge in [0.2, 0.25) is 0 Å². The molecule has 0 saturated carbocycles. The number of aromatic amines is 1. The fraction of sp³-hybridized carbons (Fsp3) is 0.400. The number of unbranched alkanes of at least 4 members (excludes halogenated alkanes) is 1. The number of terminal acetylenes is 1. The van der Waals surface area contributed by atoms with Crippen LogP contribution in [0.2, 0.25) is 0 Å². The minimum absolute atomic E-state index is 0.861. The van der Waals surface area contributed by atoms with Crippen LogP contribution in [0, 0.1) is 12.3 Å². The predicted octanol–water partition coefficient (Wildman–Crippen LogP) is 1.52. The van der Waals surface area contributed by atoms with Crippen LogP contribution in [-0.4, -0.2) is 11.5 Å². The van der Waals surface area contributed by atoms with E-state index in [2.05, 4.69) is 22.3 Å². The Morgan fingerprint density at radius 2 is 2.50 bits per heavy atom. The Morgan fingerprint density at radius 1 is 1.58 bits per heavy atom. The van der Waals surface area contributed by atoms with Crippen LogP contribution in [-0.2, 0) is 6.54 Å². The molecule has 2 heteroatoms. The highest BCUT2D eigenvalue weighted by molar-refractivity contribution is 5.07. The van der Waals surface area contributed by atoms with Gasteiger partial charge < -0.3 is 10.3 Å². The number of rotatable bonds is 5. The van der Waals surface area contributed by atoms with Gasteiger partial charge in [-0.05, 0) is 24.6 Å². The standard InChI is InChI=1S/C10H14N2/c1-2-3-4-6-11-8-10-5-7-12-9-10/h1,5,7,9,11-12H,3-4,6,8H2. The monoisotopic (exact) mass is 162 g/mol. The van der Waals surface area contributed by atoms with Crippen molar-refractivity contribution < 1.29 is 0 Å². The average molecular weight is 162 g/mol. The van der Waals surface area contributed by atoms with E-state index in [0.717, 1.165) is 25.9 Å². The molecule has 0 spiro atoms. The quantitative estimate of drug-likeness (QED) is 0.498. The van der Waals surface area contributed by atoms with Crippen LogP contribution < -0.4 is 5.32 Å². The van der Waals surface area contributed by atoms with Gasteiger partial charge in [-0.15, -0.1) is 12.3 Å². The predicted molar refractivity (Wildman–Crippen MR) is 50.6 cm³/mol. The third kappa shape index (κ3) is 3.27. The van der Waals surface area contributed by atoms with E-state index >= 15 is 0 Å². The van der Waals surface area contributed by atoms with Crippen LogP contribution in [0.25, 0.3) is 0 Å². The van der Waals surface area contributed by atoms with Crippen molar-refractivity contribution in [3.63, 3.8) is 0 Å². The van der Waals surface area contributed by atoms with E-state index in [1.165, 1.54) is 5.56 Å². The number of H-pyrrole nitrogens is 1. The molecule has 2 N–H and O–H groups in total. The van der Waals surface area contributed by atoms with Crippen molar-refractivity contribution in [3.05, 3.63) is 24.0 Å². The first kappa shape index (κ1) is 8.89. The first-order valence-electron chi connectivity index (χ1n) is 4.19. The Morgan fingerprint density at radius 3 is 3.17 bits per heavy atom. The van der Waals surface area contributed by atoms with Crippen LogP contribution in [0.1, 0.15) is 18.4 Å². The summed E-state index contributed by atoms with van der Waals surface area (Å²) in [6.07, 6.45) is 11.0. The SMILES string of the molecule is C#CCCCNCc1cc[nH]c1. The van der Waals surface area contributed by atoms with Crippen molar-refractivity contribution >= 4 is 0 Å². The Kier molecular flexibility index (Phi) is 4.04. The second kappa shape index (κ2) is 5.45. The van der Waals surface area contributed by atoms with Gasteiger partial charge in [-0.1, -0.05) is 0 Å². The first-order chi connectivity index (χ1) is 5.93. The van der Waals surface area contributed by atoms with E-state index in [4.69, 9.17) is 6.42 Å². The van der Waals surface area contributed by atoms with Crippen LogP contribution >= 0.6 is 0 Å². The number of nitrogens with one attached hydrogen (secondary N) is 2. The van der Waals surface area contributed by atoms with Gasteiger partial charge in [0.1, 0.15) is 0 Å². The zero-order valence-electron chi connectivity index (χ0n) is 7.14. The molecule has 0 atom stereocenters. The molecule has 1 rings (SSSR count). The van der Waals surface area contributed by atoms with Crippen molar-refractivity contribution in [3.8, 4) is 12.3 Å². The number of aromatic nitrogens is 1. The van der Waals surface area contributed by atoms with Crippen molar-refractivity contribution in [1.82, 2.24) is 10.3 Å². The molecule has 1 aromatic rings. The maximum absolute atomic E-state index is 5.12. The largest absolute Gasteiger partial charge is 0.367 e. The van der Waals surface area contributed by atoms with Gasteiger partial charge in [-0.3, -0.25) is 0 Å². The molecule has 2 nitrogen and oxygen atoms in total. The van der Waals surface area contributed by atoms with Crippen LogP contribution in [0.3, 0.4) is 0 Å². The summed E-state index contributed by atoms with van der Waals surface area (Å²) in [6.45, 7) is 1.92. The maximum Gasteiger partial charge on any atom is 0.0220 e. The smallest absolute Gasteiger partial charge is 0.0220 e. The number of hydrogen-bond acceptors (Lipinski definition) is 1. The van der Waals surface area contributed by atoms with E-state index in [-0.39, 0.29) is 0 Å². The second-order valence-electron chi connectivity index (χ2n) is 2.70. The van der Waals surface area contributed by atoms with Gasteiger partial charge in [0.15, 0.2) is 0 Å². The Balaban J connectivity index is 2.01. The molecule has 1 aromatic heterocycles. The summed E-state index contributed by atoms with van der Waals surface area (Å²) in [5.41, 5.74) is 1.29. The molecule has 64 valence electrons. The van der Waals surface area contributed by atoms with E-state index in [0.29, 0.717) is 0 Å². The Bertz CT molecular complexity index is 231. The van der Waals surface area contributed by atoms with Crippen molar-refractivity contribution in [1.29, 1.82) is 0 Å². The molecule has 12 heavy (non-hydrogen) atoms. The maximum atomic E-state index is 5.12. The molecule has 1 heterocycles. The second-order valence-corrected chi connectivity index (χ2v) is 2.70. The third-order valence-corrected chi connectivity index (χ3v) is 1.67. The van der Waals surface area contributed by atoms with Crippen LogP contribution in [0.5, 0.6) is 0 Å². The molecule has 0 aliphatic heterocycles. The Hall–Kier alpha value is -1.20. The van der Waals surface area contributed by atoms with Gasteiger partial charge in [0, 0.05) is 25.4 Å². The molecule has 0 aliphatic carbocycles. The molecule has 0 bridgehead atoms. The average Bonchev–Trinajstić information content (AvgIpc) is 2.57. The lowest BCUT2D eigenvalue weighted by atomic mass is 10.3. The molecular weight excluding hydrogens is 148 g/mol. The van der Waals surface area contributed by atoms with Gasteiger partial charge in [0.25, 0.3) is 0 Å². The fourth-order valence-corrected chi connectivity index (χ4v) is 1.02. The van der Waals surface area contributed by atoms with Gasteiger partial charge >= 0.3 is 0 Å². The summed E-state index contributed by atoms with van der Waals surface area (Å²) < 4.78 is 0. The van der Waals surface area contributed by atoms with Crippen molar-refractivity contribution in [2.75, 3.05) is 6.54 Å². The fourth-order valence-electron chi connectivity index (χ4n) is 1.02. The summed E-state index contributed by atoms with van der Waals surface area (Å²) in [6, 6.07) is 2.06. The lowest BCUT2D eigenvalue weighted by molar-refractivity contribution is 0.659. The Labute approximate surface area is 73.4 Å². The minimum atomic E-state index is 0.861. The highest BCUT2D eigenvalue weighted by Crippen LogP contribution is 1.94. The number of hydrogen-bond donors (Lipinski definition) is 2. The molecule has 0 aliphatic rings. The highest BCUT2D eigenvalue weighted by Gasteiger charge is 1.90. The lowest BCUT2D eigenvalue weighted by Crippen LogP contribution is -2.13. The normalized spacial score (nSPS) is 9.58. The van der Waals surface area contributed by atoms with E-state index < -0.39 is 0 Å². The summed E-state index contributed by atoms with van der Waals surface area (Å²) in [5, 5.41) is 3.31. The van der Waals surface area contributed by atoms with Crippen molar-refractivity contribution in [2.45, 2.75) is 19.4 Å². The first-order valence-corrected chi connectivity index (χ1v) is 4.19. The van der Waals surface area contributed by atoms with Gasteiger partial charge in [-0.2, -0.15) is 0 Å². The molecule has 0 amide bonds. The molecule has 0 radical (unpaired) electrons. The third-order valence-electron chi connectivity index (χ3n) is 1.67. The van der Waals surface area contributed by atoms with Crippen LogP contribution in [0.15, 0.2) is 18.5 Å². The molecule has 0 fully saturated rings. The van der Waals surface area contributed by atoms with E-state index in [1.54, 1.807) is 0 Å². The summed E-state index contributed by atoms with van der Waals surface area (Å²) >= 11 is 0. The molecule has 0 saturated heterocycles. The highest BCUT2D eigenvalue weighted by atomic mass is 14.8. The van der Waals surface area contributed by atoms with Crippen LogP contribution in [0.4, 0.5) is 0 Å². The summed E-state index contributed by atoms with van der Waals surface area (Å²) in [4.78, 5) is 3.01. The molecule has 0 unspecified atom stereocenters. The zero-order valence-corrected chi connectivity index (χ0v) is 7.14. The van der Waals surface area contributed by atoms with Crippen molar-refractivity contribution in [2.24, 2.45) is 0 Å². The minimum Gasteiger partial charge on any atom is -0.367 e. The van der Waals surface area contributed by atoms with E-state index in [1.807, 2.05) is 12.4 Å². The summed E-state index contributed by atoms with van der Waals surface area (Å²) in [5.74, 6) is 2.62. The molecule has 0 aromatic carbocycles. The van der Waals surface area contributed by atoms with Gasteiger partial charge in [-0.25, -0.2) is 0 Å².